The molecule has 5 N–H and O–H groups in total. The molecule has 0 aromatic carbocycles. The van der Waals surface area contributed by atoms with Crippen molar-refractivity contribution >= 4 is 17.6 Å². The van der Waals surface area contributed by atoms with Crippen LogP contribution in [0.1, 0.15) is 13.3 Å². The number of aliphatic hydroxyl groups is 4. The highest BCUT2D eigenvalue weighted by Crippen LogP contribution is 2.24. The molecule has 124 valence electrons. The van der Waals surface area contributed by atoms with E-state index < -0.39 is 43.3 Å². The Kier molecular flexibility index (Phi) is 7.64. The third kappa shape index (κ3) is 4.41. The zero-order valence-corrected chi connectivity index (χ0v) is 12.6. The molecule has 0 unspecified atom stereocenters. The second-order valence-corrected chi connectivity index (χ2v) is 5.21. The van der Waals surface area contributed by atoms with E-state index in [0.717, 1.165) is 0 Å². The molecular formula is C12H23ClN2O6. The normalized spacial score (nSPS) is 32.8. The first-order valence-electron chi connectivity index (χ1n) is 6.88. The molecule has 0 spiro atoms. The van der Waals surface area contributed by atoms with Gasteiger partial charge in [0.2, 0.25) is 0 Å². The number of urea groups is 1. The Morgan fingerprint density at radius 2 is 1.95 bits per heavy atom. The summed E-state index contributed by atoms with van der Waals surface area (Å²) >= 11 is 5.51. The van der Waals surface area contributed by atoms with Crippen molar-refractivity contribution in [3.8, 4) is 0 Å². The molecule has 1 aliphatic heterocycles. The van der Waals surface area contributed by atoms with Gasteiger partial charge in [0.25, 0.3) is 0 Å². The quantitative estimate of drug-likeness (QED) is 0.377. The number of hydrogen-bond acceptors (Lipinski definition) is 6. The van der Waals surface area contributed by atoms with E-state index in [2.05, 4.69) is 5.32 Å². The van der Waals surface area contributed by atoms with Crippen molar-refractivity contribution < 1.29 is 30.0 Å². The van der Waals surface area contributed by atoms with Crippen molar-refractivity contribution in [2.24, 2.45) is 0 Å². The van der Waals surface area contributed by atoms with Crippen LogP contribution in [-0.2, 0) is 4.74 Å². The highest BCUT2D eigenvalue weighted by atomic mass is 35.5. The van der Waals surface area contributed by atoms with E-state index in [9.17, 15) is 20.1 Å². The smallest absolute Gasteiger partial charge is 0.319 e. The van der Waals surface area contributed by atoms with Crippen LogP contribution in [0.3, 0.4) is 0 Å². The van der Waals surface area contributed by atoms with Crippen LogP contribution in [0.2, 0.25) is 0 Å². The van der Waals surface area contributed by atoms with E-state index in [0.29, 0.717) is 6.42 Å². The van der Waals surface area contributed by atoms with Crippen molar-refractivity contribution in [2.75, 3.05) is 25.6 Å². The van der Waals surface area contributed by atoms with Gasteiger partial charge in [-0.15, -0.1) is 11.6 Å². The number of aliphatic hydroxyl groups excluding tert-OH is 4. The third-order valence-electron chi connectivity index (χ3n) is 3.27. The maximum atomic E-state index is 12.1. The zero-order chi connectivity index (χ0) is 16.0. The first kappa shape index (κ1) is 18.4. The number of nitrogens with zero attached hydrogens (tertiary/aromatic N) is 1. The molecule has 1 aliphatic rings. The Labute approximate surface area is 128 Å². The summed E-state index contributed by atoms with van der Waals surface area (Å²) in [4.78, 5) is 13.3. The van der Waals surface area contributed by atoms with Crippen LogP contribution in [0.5, 0.6) is 0 Å². The number of ether oxygens (including phenoxy) is 1. The number of halogens is 1. The Morgan fingerprint density at radius 3 is 2.48 bits per heavy atom. The SMILES string of the molecule is CCCN(C(=O)NCCCl)[C@@H]1O[C@H](CO)[C@@H](O)[C@H](O)[C@H]1O. The number of carbonyl (C=O) groups is 1. The molecule has 21 heavy (non-hydrogen) atoms. The fraction of sp³-hybridized carbons (Fsp3) is 0.917. The summed E-state index contributed by atoms with van der Waals surface area (Å²) in [7, 11) is 0. The van der Waals surface area contributed by atoms with Crippen molar-refractivity contribution in [3.63, 3.8) is 0 Å². The van der Waals surface area contributed by atoms with E-state index in [-0.39, 0.29) is 19.0 Å². The lowest BCUT2D eigenvalue weighted by Crippen LogP contribution is -2.65. The van der Waals surface area contributed by atoms with Crippen LogP contribution >= 0.6 is 11.6 Å². The molecular weight excluding hydrogens is 304 g/mol. The lowest BCUT2D eigenvalue weighted by Gasteiger charge is -2.44. The monoisotopic (exact) mass is 326 g/mol. The molecule has 0 aliphatic carbocycles. The van der Waals surface area contributed by atoms with Crippen LogP contribution in [0.15, 0.2) is 0 Å². The maximum absolute atomic E-state index is 12.1. The molecule has 2 amide bonds. The highest BCUT2D eigenvalue weighted by molar-refractivity contribution is 6.18. The standard InChI is InChI=1S/C12H23ClN2O6/c1-2-5-15(12(20)14-4-3-13)11-10(19)9(18)8(17)7(6-16)21-11/h7-11,16-19H,2-6H2,1H3,(H,14,20)/t7-,8-,9+,10-,11-/m1/s1. The second kappa shape index (κ2) is 8.72. The van der Waals surface area contributed by atoms with Gasteiger partial charge < -0.3 is 30.5 Å². The molecule has 0 radical (unpaired) electrons. The van der Waals surface area contributed by atoms with Gasteiger partial charge in [-0.25, -0.2) is 4.79 Å². The van der Waals surface area contributed by atoms with E-state index >= 15 is 0 Å². The van der Waals surface area contributed by atoms with Gasteiger partial charge in [0, 0.05) is 19.0 Å². The highest BCUT2D eigenvalue weighted by Gasteiger charge is 2.46. The lowest BCUT2D eigenvalue weighted by atomic mass is 9.98. The number of alkyl halides is 1. The van der Waals surface area contributed by atoms with E-state index in [4.69, 9.17) is 21.4 Å². The second-order valence-electron chi connectivity index (χ2n) is 4.83. The summed E-state index contributed by atoms with van der Waals surface area (Å²) in [5.74, 6) is 0.236. The summed E-state index contributed by atoms with van der Waals surface area (Å²) in [5.41, 5.74) is 0. The molecule has 0 aromatic rings. The largest absolute Gasteiger partial charge is 0.394 e. The topological polar surface area (TPSA) is 122 Å². The Bertz CT molecular complexity index is 333. The average Bonchev–Trinajstić information content (AvgIpc) is 2.49. The molecule has 0 aromatic heterocycles. The summed E-state index contributed by atoms with van der Waals surface area (Å²) < 4.78 is 5.37. The van der Waals surface area contributed by atoms with Crippen molar-refractivity contribution in [3.05, 3.63) is 0 Å². The maximum Gasteiger partial charge on any atom is 0.319 e. The van der Waals surface area contributed by atoms with Gasteiger partial charge in [-0.2, -0.15) is 0 Å². The zero-order valence-electron chi connectivity index (χ0n) is 11.9. The molecule has 1 saturated heterocycles. The number of hydrogen-bond donors (Lipinski definition) is 5. The Balaban J connectivity index is 2.86. The Morgan fingerprint density at radius 1 is 1.29 bits per heavy atom. The fourth-order valence-electron chi connectivity index (χ4n) is 2.18. The molecule has 0 bridgehead atoms. The summed E-state index contributed by atoms with van der Waals surface area (Å²) in [6, 6.07) is -0.498. The molecule has 0 saturated carbocycles. The summed E-state index contributed by atoms with van der Waals surface area (Å²) in [5, 5.41) is 41.2. The molecule has 1 fully saturated rings. The van der Waals surface area contributed by atoms with Crippen LogP contribution in [0.4, 0.5) is 4.79 Å². The minimum Gasteiger partial charge on any atom is -0.394 e. The Hall–Kier alpha value is -0.640. The summed E-state index contributed by atoms with van der Waals surface area (Å²) in [6.07, 6.45) is -6.04. The van der Waals surface area contributed by atoms with Gasteiger partial charge in [-0.1, -0.05) is 6.92 Å². The van der Waals surface area contributed by atoms with E-state index in [1.165, 1.54) is 4.90 Å². The van der Waals surface area contributed by atoms with Crippen molar-refractivity contribution in [1.29, 1.82) is 0 Å². The number of nitrogens with one attached hydrogen (secondary N) is 1. The van der Waals surface area contributed by atoms with Gasteiger partial charge in [0.1, 0.15) is 24.4 Å². The van der Waals surface area contributed by atoms with Gasteiger partial charge in [0.15, 0.2) is 6.23 Å². The molecule has 1 heterocycles. The van der Waals surface area contributed by atoms with Gasteiger partial charge >= 0.3 is 6.03 Å². The molecule has 8 nitrogen and oxygen atoms in total. The van der Waals surface area contributed by atoms with Crippen molar-refractivity contribution in [1.82, 2.24) is 10.2 Å². The van der Waals surface area contributed by atoms with Crippen molar-refractivity contribution in [2.45, 2.75) is 44.0 Å². The lowest BCUT2D eigenvalue weighted by molar-refractivity contribution is -0.257. The molecule has 5 atom stereocenters. The minimum absolute atomic E-state index is 0.236. The van der Waals surface area contributed by atoms with Crippen LogP contribution in [0.25, 0.3) is 0 Å². The molecule has 1 rings (SSSR count). The van der Waals surface area contributed by atoms with Crippen LogP contribution < -0.4 is 5.32 Å². The fourth-order valence-corrected chi connectivity index (χ4v) is 2.28. The van der Waals surface area contributed by atoms with Gasteiger partial charge in [-0.05, 0) is 6.42 Å². The van der Waals surface area contributed by atoms with Gasteiger partial charge in [-0.3, -0.25) is 4.90 Å². The molecule has 9 heteroatoms. The van der Waals surface area contributed by atoms with Gasteiger partial charge in [0.05, 0.1) is 6.61 Å². The first-order valence-corrected chi connectivity index (χ1v) is 7.42. The van der Waals surface area contributed by atoms with Crippen LogP contribution in [0, 0.1) is 0 Å². The predicted molar refractivity (Wildman–Crippen MR) is 74.9 cm³/mol. The number of rotatable bonds is 6. The number of carbonyl (C=O) groups excluding carboxylic acids is 1. The first-order chi connectivity index (χ1) is 9.97. The number of amides is 2. The average molecular weight is 327 g/mol. The minimum atomic E-state index is -1.51. The third-order valence-corrected chi connectivity index (χ3v) is 3.46. The van der Waals surface area contributed by atoms with E-state index in [1.807, 2.05) is 6.92 Å². The van der Waals surface area contributed by atoms with E-state index in [1.54, 1.807) is 0 Å². The van der Waals surface area contributed by atoms with Crippen LogP contribution in [-0.4, -0.2) is 87.6 Å². The predicted octanol–water partition coefficient (Wildman–Crippen LogP) is -1.55. The summed E-state index contributed by atoms with van der Waals surface area (Å²) in [6.45, 7) is 1.82.